The summed E-state index contributed by atoms with van der Waals surface area (Å²) in [6, 6.07) is 7.28. The molecule has 19 heavy (non-hydrogen) atoms. The van der Waals surface area contributed by atoms with Crippen LogP contribution in [0.15, 0.2) is 34.3 Å². The highest BCUT2D eigenvalue weighted by Gasteiger charge is 2.08. The fourth-order valence-electron chi connectivity index (χ4n) is 1.69. The Morgan fingerprint density at radius 1 is 1.16 bits per heavy atom. The van der Waals surface area contributed by atoms with E-state index in [0.717, 1.165) is 16.3 Å². The maximum Gasteiger partial charge on any atom is 0.192 e. The fourth-order valence-corrected chi connectivity index (χ4v) is 2.97. The minimum Gasteiger partial charge on any atom is -0.294 e. The number of Topliss-reactive ketones (excluding diaryl/α,β-unsaturated/α-hetero) is 1. The molecule has 0 bridgehead atoms. The molecule has 0 N–H and O–H groups in total. The predicted molar refractivity (Wildman–Crippen MR) is 77.1 cm³/mol. The third kappa shape index (κ3) is 3.55. The molecular formula is C14H13ClN2OS. The normalized spacial score (nSPS) is 10.5. The summed E-state index contributed by atoms with van der Waals surface area (Å²) in [5.41, 5.74) is 2.40. The summed E-state index contributed by atoms with van der Waals surface area (Å²) in [7, 11) is 0. The number of hydrogen-bond donors (Lipinski definition) is 0. The first-order chi connectivity index (χ1) is 8.95. The standard InChI is InChI=1S/C14H13ClN2OS/c1-8-6-9(2)17-14(16-8)19-11-4-5-12(10(3)18)13(15)7-11/h4-7H,1-3H3. The number of hydrogen-bond acceptors (Lipinski definition) is 4. The van der Waals surface area contributed by atoms with E-state index in [1.54, 1.807) is 12.1 Å². The zero-order valence-corrected chi connectivity index (χ0v) is 12.5. The lowest BCUT2D eigenvalue weighted by molar-refractivity contribution is 0.101. The second-order valence-corrected chi connectivity index (χ2v) is 5.68. The van der Waals surface area contributed by atoms with E-state index in [1.807, 2.05) is 26.0 Å². The van der Waals surface area contributed by atoms with E-state index in [0.29, 0.717) is 15.7 Å². The van der Waals surface area contributed by atoms with Crippen molar-refractivity contribution >= 4 is 29.1 Å². The zero-order chi connectivity index (χ0) is 14.0. The van der Waals surface area contributed by atoms with Crippen molar-refractivity contribution in [3.05, 3.63) is 46.2 Å². The van der Waals surface area contributed by atoms with Gasteiger partial charge in [-0.25, -0.2) is 9.97 Å². The molecule has 98 valence electrons. The lowest BCUT2D eigenvalue weighted by Crippen LogP contribution is -1.94. The van der Waals surface area contributed by atoms with E-state index < -0.39 is 0 Å². The van der Waals surface area contributed by atoms with Crippen molar-refractivity contribution in [3.8, 4) is 0 Å². The molecule has 3 nitrogen and oxygen atoms in total. The van der Waals surface area contributed by atoms with Crippen LogP contribution < -0.4 is 0 Å². The highest BCUT2D eigenvalue weighted by atomic mass is 35.5. The van der Waals surface area contributed by atoms with Crippen LogP contribution in [-0.2, 0) is 0 Å². The fraction of sp³-hybridized carbons (Fsp3) is 0.214. The SMILES string of the molecule is CC(=O)c1ccc(Sc2nc(C)cc(C)n2)cc1Cl. The topological polar surface area (TPSA) is 42.9 Å². The van der Waals surface area contributed by atoms with E-state index in [-0.39, 0.29) is 5.78 Å². The lowest BCUT2D eigenvalue weighted by Gasteiger charge is -2.05. The van der Waals surface area contributed by atoms with E-state index in [4.69, 9.17) is 11.6 Å². The molecule has 0 amide bonds. The van der Waals surface area contributed by atoms with Crippen LogP contribution in [0.3, 0.4) is 0 Å². The third-order valence-corrected chi connectivity index (χ3v) is 3.66. The Morgan fingerprint density at radius 3 is 2.32 bits per heavy atom. The van der Waals surface area contributed by atoms with Gasteiger partial charge in [0.2, 0.25) is 0 Å². The van der Waals surface area contributed by atoms with Crippen molar-refractivity contribution in [3.63, 3.8) is 0 Å². The van der Waals surface area contributed by atoms with Gasteiger partial charge in [0.05, 0.1) is 5.02 Å². The molecule has 0 saturated heterocycles. The second-order valence-electron chi connectivity index (χ2n) is 4.23. The number of carbonyl (C=O) groups excluding carboxylic acids is 1. The Bertz CT molecular complexity index is 623. The molecule has 0 unspecified atom stereocenters. The molecule has 0 radical (unpaired) electrons. The summed E-state index contributed by atoms with van der Waals surface area (Å²) in [4.78, 5) is 20.9. The van der Waals surface area contributed by atoms with Crippen LogP contribution in [0.4, 0.5) is 0 Å². The van der Waals surface area contributed by atoms with Crippen molar-refractivity contribution < 1.29 is 4.79 Å². The van der Waals surface area contributed by atoms with E-state index in [9.17, 15) is 4.79 Å². The van der Waals surface area contributed by atoms with Crippen LogP contribution in [0.25, 0.3) is 0 Å². The lowest BCUT2D eigenvalue weighted by atomic mass is 10.1. The molecular weight excluding hydrogens is 280 g/mol. The van der Waals surface area contributed by atoms with Gasteiger partial charge >= 0.3 is 0 Å². The van der Waals surface area contributed by atoms with Gasteiger partial charge in [-0.2, -0.15) is 0 Å². The molecule has 0 atom stereocenters. The summed E-state index contributed by atoms with van der Waals surface area (Å²) in [6.07, 6.45) is 0. The van der Waals surface area contributed by atoms with Crippen LogP contribution in [0.2, 0.25) is 5.02 Å². The molecule has 0 aliphatic rings. The first-order valence-corrected chi connectivity index (χ1v) is 6.96. The van der Waals surface area contributed by atoms with Gasteiger partial charge < -0.3 is 0 Å². The van der Waals surface area contributed by atoms with Gasteiger partial charge in [-0.05, 0) is 56.8 Å². The highest BCUT2D eigenvalue weighted by Crippen LogP contribution is 2.29. The Balaban J connectivity index is 2.28. The quantitative estimate of drug-likeness (QED) is 0.631. The van der Waals surface area contributed by atoms with Crippen LogP contribution in [-0.4, -0.2) is 15.8 Å². The summed E-state index contributed by atoms with van der Waals surface area (Å²) in [6.45, 7) is 5.37. The molecule has 0 aliphatic carbocycles. The van der Waals surface area contributed by atoms with Crippen molar-refractivity contribution in [2.24, 2.45) is 0 Å². The Labute approximate surface area is 121 Å². The number of aromatic nitrogens is 2. The van der Waals surface area contributed by atoms with Crippen LogP contribution >= 0.6 is 23.4 Å². The molecule has 1 heterocycles. The van der Waals surface area contributed by atoms with Crippen LogP contribution in [0.1, 0.15) is 28.7 Å². The van der Waals surface area contributed by atoms with Crippen molar-refractivity contribution in [2.45, 2.75) is 30.8 Å². The second kappa shape index (κ2) is 5.72. The molecule has 0 aliphatic heterocycles. The van der Waals surface area contributed by atoms with Gasteiger partial charge in [-0.15, -0.1) is 0 Å². The molecule has 0 saturated carbocycles. The molecule has 2 rings (SSSR count). The smallest absolute Gasteiger partial charge is 0.192 e. The number of ketones is 1. The van der Waals surface area contributed by atoms with Crippen molar-refractivity contribution in [2.75, 3.05) is 0 Å². The number of nitrogens with zero attached hydrogens (tertiary/aromatic N) is 2. The minimum atomic E-state index is -0.0378. The summed E-state index contributed by atoms with van der Waals surface area (Å²) < 4.78 is 0. The maximum absolute atomic E-state index is 11.3. The van der Waals surface area contributed by atoms with Crippen LogP contribution in [0.5, 0.6) is 0 Å². The largest absolute Gasteiger partial charge is 0.294 e. The van der Waals surface area contributed by atoms with Crippen molar-refractivity contribution in [1.82, 2.24) is 9.97 Å². The molecule has 2 aromatic rings. The number of carbonyl (C=O) groups is 1. The van der Waals surface area contributed by atoms with Gasteiger partial charge in [-0.3, -0.25) is 4.79 Å². The van der Waals surface area contributed by atoms with Crippen LogP contribution in [0, 0.1) is 13.8 Å². The minimum absolute atomic E-state index is 0.0378. The Kier molecular flexibility index (Phi) is 4.22. The van der Waals surface area contributed by atoms with E-state index in [1.165, 1.54) is 18.7 Å². The molecule has 0 fully saturated rings. The van der Waals surface area contributed by atoms with Gasteiger partial charge in [0, 0.05) is 21.8 Å². The molecule has 0 spiro atoms. The third-order valence-electron chi connectivity index (χ3n) is 2.49. The summed E-state index contributed by atoms with van der Waals surface area (Å²) in [5.74, 6) is -0.0378. The van der Waals surface area contributed by atoms with Gasteiger partial charge in [-0.1, -0.05) is 11.6 Å². The van der Waals surface area contributed by atoms with Gasteiger partial charge in [0.15, 0.2) is 10.9 Å². The Morgan fingerprint density at radius 2 is 1.79 bits per heavy atom. The molecule has 1 aromatic carbocycles. The molecule has 5 heteroatoms. The zero-order valence-electron chi connectivity index (χ0n) is 10.9. The average Bonchev–Trinajstić information content (AvgIpc) is 2.26. The first-order valence-electron chi connectivity index (χ1n) is 5.76. The number of rotatable bonds is 3. The number of benzene rings is 1. The number of halogens is 1. The highest BCUT2D eigenvalue weighted by molar-refractivity contribution is 7.99. The molecule has 1 aromatic heterocycles. The average molecular weight is 293 g/mol. The van der Waals surface area contributed by atoms with E-state index >= 15 is 0 Å². The summed E-state index contributed by atoms with van der Waals surface area (Å²) in [5, 5.41) is 1.14. The van der Waals surface area contributed by atoms with Gasteiger partial charge in [0.25, 0.3) is 0 Å². The van der Waals surface area contributed by atoms with Crippen molar-refractivity contribution in [1.29, 1.82) is 0 Å². The number of aryl methyl sites for hydroxylation is 2. The monoisotopic (exact) mass is 292 g/mol. The predicted octanol–water partition coefficient (Wildman–Crippen LogP) is 4.10. The van der Waals surface area contributed by atoms with E-state index in [2.05, 4.69) is 9.97 Å². The van der Waals surface area contributed by atoms with Gasteiger partial charge in [0.1, 0.15) is 0 Å². The Hall–Kier alpha value is -1.39. The summed E-state index contributed by atoms with van der Waals surface area (Å²) >= 11 is 7.51. The first kappa shape index (κ1) is 14.0. The maximum atomic E-state index is 11.3.